The second-order valence-electron chi connectivity index (χ2n) is 2.10. The van der Waals surface area contributed by atoms with Crippen LogP contribution in [-0.4, -0.2) is 12.9 Å². The van der Waals surface area contributed by atoms with Gasteiger partial charge in [0.2, 0.25) is 6.29 Å². The molecule has 0 bridgehead atoms. The molecule has 1 rings (SSSR count). The molecule has 10 heavy (non-hydrogen) atoms. The Labute approximate surface area is 59.1 Å². The normalized spacial score (nSPS) is 27.0. The highest BCUT2D eigenvalue weighted by atomic mass is 16.8. The number of nitrogens with two attached hydrogens (primary N) is 1. The van der Waals surface area contributed by atoms with Gasteiger partial charge in [-0.1, -0.05) is 0 Å². The van der Waals surface area contributed by atoms with Gasteiger partial charge in [-0.05, 0) is 18.1 Å². The molecule has 2 N–H and O–H groups in total. The lowest BCUT2D eigenvalue weighted by Gasteiger charge is -2.18. The Bertz CT molecular complexity index is 111. The van der Waals surface area contributed by atoms with Gasteiger partial charge in [0, 0.05) is 11.7 Å². The number of ether oxygens (including phenoxy) is 1. The van der Waals surface area contributed by atoms with Crippen molar-refractivity contribution in [2.75, 3.05) is 6.61 Å². The fourth-order valence-corrected chi connectivity index (χ4v) is 0.874. The second kappa shape index (κ2) is 4.05. The molecule has 0 aromatic rings. The number of hydrogen-bond donors (Lipinski definition) is 1. The lowest BCUT2D eigenvalue weighted by molar-refractivity contribution is -0.168. The van der Waals surface area contributed by atoms with Crippen molar-refractivity contribution >= 4 is 0 Å². The third-order valence-corrected chi connectivity index (χ3v) is 1.35. The van der Waals surface area contributed by atoms with Crippen molar-refractivity contribution in [1.82, 2.24) is 0 Å². The third kappa shape index (κ3) is 2.18. The average molecular weight is 145 g/mol. The maximum atomic E-state index is 5.15. The molecule has 5 nitrogen and oxygen atoms in total. The van der Waals surface area contributed by atoms with Gasteiger partial charge in [-0.3, -0.25) is 0 Å². The van der Waals surface area contributed by atoms with Crippen LogP contribution in [0.1, 0.15) is 19.3 Å². The molecule has 0 aromatic heterocycles. The van der Waals surface area contributed by atoms with E-state index < -0.39 is 0 Å². The van der Waals surface area contributed by atoms with Crippen LogP contribution >= 0.6 is 0 Å². The monoisotopic (exact) mass is 145 g/mol. The van der Waals surface area contributed by atoms with Crippen LogP contribution in [0, 0.1) is 0 Å². The summed E-state index contributed by atoms with van der Waals surface area (Å²) in [4.78, 5) is 4.74. The van der Waals surface area contributed by atoms with Gasteiger partial charge >= 0.3 is 0 Å². The molecule has 1 aliphatic rings. The van der Waals surface area contributed by atoms with Gasteiger partial charge in [-0.15, -0.1) is 0 Å². The van der Waals surface area contributed by atoms with E-state index in [0.29, 0.717) is 0 Å². The summed E-state index contributed by atoms with van der Waals surface area (Å²) >= 11 is 0. The summed E-state index contributed by atoms with van der Waals surface area (Å²) in [5.41, 5.74) is 0. The van der Waals surface area contributed by atoms with Crippen LogP contribution in [0.25, 0.3) is 0 Å². The highest BCUT2D eigenvalue weighted by Gasteiger charge is 2.14. The first-order chi connectivity index (χ1) is 4.93. The highest BCUT2D eigenvalue weighted by Crippen LogP contribution is 2.13. The maximum absolute atomic E-state index is 5.15. The van der Waals surface area contributed by atoms with Gasteiger partial charge < -0.3 is 15.4 Å². The van der Waals surface area contributed by atoms with E-state index in [1.165, 1.54) is 0 Å². The number of hydrogen-bond acceptors (Lipinski definition) is 4. The lowest BCUT2D eigenvalue weighted by atomic mass is 10.2. The molecule has 0 aliphatic carbocycles. The van der Waals surface area contributed by atoms with Crippen molar-refractivity contribution in [3.8, 4) is 0 Å². The first-order valence-electron chi connectivity index (χ1n) is 3.31. The summed E-state index contributed by atoms with van der Waals surface area (Å²) in [7, 11) is 0. The Hall–Kier alpha value is -0.840. The Morgan fingerprint density at radius 3 is 3.00 bits per heavy atom. The Balaban J connectivity index is 2.13. The fourth-order valence-electron chi connectivity index (χ4n) is 0.874. The highest BCUT2D eigenvalue weighted by molar-refractivity contribution is 4.52. The first kappa shape index (κ1) is 7.27. The van der Waals surface area contributed by atoms with Crippen LogP contribution in [0.5, 0.6) is 0 Å². The van der Waals surface area contributed by atoms with Crippen LogP contribution in [0.15, 0.2) is 10.5 Å². The maximum Gasteiger partial charge on any atom is 0.228 e. The summed E-state index contributed by atoms with van der Waals surface area (Å²) < 4.78 is 5.15. The second-order valence-corrected chi connectivity index (χ2v) is 2.10. The molecule has 0 radical (unpaired) electrons. The zero-order valence-electron chi connectivity index (χ0n) is 5.69. The summed E-state index contributed by atoms with van der Waals surface area (Å²) in [5, 5.41) is 6.13. The van der Waals surface area contributed by atoms with Gasteiger partial charge in [0.05, 0.1) is 6.61 Å². The van der Waals surface area contributed by atoms with Crippen LogP contribution in [0.3, 0.4) is 0 Å². The van der Waals surface area contributed by atoms with E-state index >= 15 is 0 Å². The van der Waals surface area contributed by atoms with E-state index in [-0.39, 0.29) is 6.29 Å². The van der Waals surface area contributed by atoms with Gasteiger partial charge in [0.1, 0.15) is 0 Å². The first-order valence-corrected chi connectivity index (χ1v) is 3.31. The molecule has 1 aliphatic heterocycles. The molecule has 58 valence electrons. The Morgan fingerprint density at radius 2 is 2.40 bits per heavy atom. The van der Waals surface area contributed by atoms with Crippen molar-refractivity contribution in [3.63, 3.8) is 0 Å². The van der Waals surface area contributed by atoms with E-state index in [0.717, 1.165) is 25.9 Å². The molecular weight excluding hydrogens is 134 g/mol. The molecule has 1 unspecified atom stereocenters. The van der Waals surface area contributed by atoms with Gasteiger partial charge in [0.15, 0.2) is 0 Å². The summed E-state index contributed by atoms with van der Waals surface area (Å²) in [6.07, 6.45) is 2.85. The molecule has 0 amide bonds. The fraction of sp³-hybridized carbons (Fsp3) is 1.00. The third-order valence-electron chi connectivity index (χ3n) is 1.35. The minimum absolute atomic E-state index is 0.235. The molecule has 1 heterocycles. The minimum Gasteiger partial charge on any atom is -0.346 e. The lowest BCUT2D eigenvalue weighted by Crippen LogP contribution is -2.20. The standard InChI is InChI=1S/C5H11N3O2/c6-7-8-10-5-3-1-2-4-9-5/h5H,1-4H2,(H2,6,8). The SMILES string of the molecule is NN=NOC1CCCCO1. The predicted octanol–water partition coefficient (Wildman–Crippen LogP) is 0.770. The number of rotatable bonds is 2. The summed E-state index contributed by atoms with van der Waals surface area (Å²) in [6, 6.07) is 0. The van der Waals surface area contributed by atoms with E-state index in [1.807, 2.05) is 0 Å². The molecule has 0 aromatic carbocycles. The molecule has 1 atom stereocenters. The number of nitrogens with zero attached hydrogens (tertiary/aromatic N) is 2. The molecule has 1 fully saturated rings. The van der Waals surface area contributed by atoms with Crippen molar-refractivity contribution in [2.45, 2.75) is 25.6 Å². The van der Waals surface area contributed by atoms with Gasteiger partial charge in [-0.25, -0.2) is 0 Å². The van der Waals surface area contributed by atoms with E-state index in [2.05, 4.69) is 10.5 Å². The van der Waals surface area contributed by atoms with Crippen molar-refractivity contribution in [2.24, 2.45) is 16.3 Å². The van der Waals surface area contributed by atoms with Crippen LogP contribution < -0.4 is 5.84 Å². The minimum atomic E-state index is -0.235. The Kier molecular flexibility index (Phi) is 2.95. The Morgan fingerprint density at radius 1 is 1.50 bits per heavy atom. The van der Waals surface area contributed by atoms with Gasteiger partial charge in [-0.2, -0.15) is 0 Å². The smallest absolute Gasteiger partial charge is 0.228 e. The topological polar surface area (TPSA) is 69.2 Å². The summed E-state index contributed by atoms with van der Waals surface area (Å²) in [5.74, 6) is 4.72. The molecule has 1 saturated heterocycles. The molecule has 0 saturated carbocycles. The molecule has 0 spiro atoms. The average Bonchev–Trinajstić information content (AvgIpc) is 2.03. The van der Waals surface area contributed by atoms with Crippen molar-refractivity contribution in [1.29, 1.82) is 0 Å². The van der Waals surface area contributed by atoms with Crippen LogP contribution in [0.2, 0.25) is 0 Å². The molecular formula is C5H11N3O2. The zero-order valence-corrected chi connectivity index (χ0v) is 5.69. The largest absolute Gasteiger partial charge is 0.346 e. The summed E-state index contributed by atoms with van der Waals surface area (Å²) in [6.45, 7) is 0.741. The van der Waals surface area contributed by atoms with Crippen LogP contribution in [0.4, 0.5) is 0 Å². The predicted molar refractivity (Wildman–Crippen MR) is 33.7 cm³/mol. The van der Waals surface area contributed by atoms with Crippen molar-refractivity contribution < 1.29 is 9.57 Å². The quantitative estimate of drug-likeness (QED) is 0.354. The van der Waals surface area contributed by atoms with E-state index in [1.54, 1.807) is 0 Å². The molecule has 5 heteroatoms. The van der Waals surface area contributed by atoms with E-state index in [9.17, 15) is 0 Å². The van der Waals surface area contributed by atoms with Crippen LogP contribution in [-0.2, 0) is 9.57 Å². The van der Waals surface area contributed by atoms with Crippen molar-refractivity contribution in [3.05, 3.63) is 0 Å². The zero-order chi connectivity index (χ0) is 7.23. The van der Waals surface area contributed by atoms with E-state index in [4.69, 9.17) is 15.4 Å². The van der Waals surface area contributed by atoms with Gasteiger partial charge in [0.25, 0.3) is 0 Å².